The van der Waals surface area contributed by atoms with Crippen LogP contribution in [0.5, 0.6) is 0 Å². The molecule has 0 spiro atoms. The first-order valence-corrected chi connectivity index (χ1v) is 8.47. The van der Waals surface area contributed by atoms with E-state index in [-0.39, 0.29) is 11.7 Å². The predicted octanol–water partition coefficient (Wildman–Crippen LogP) is 3.42. The Balaban J connectivity index is 1.65. The lowest BCUT2D eigenvalue weighted by Gasteiger charge is -2.07. The summed E-state index contributed by atoms with van der Waals surface area (Å²) in [5, 5.41) is 12.0. The summed E-state index contributed by atoms with van der Waals surface area (Å²) in [7, 11) is 1.88. The first-order chi connectivity index (χ1) is 11.6. The molecule has 0 saturated carbocycles. The van der Waals surface area contributed by atoms with Gasteiger partial charge in [-0.25, -0.2) is 0 Å². The van der Waals surface area contributed by atoms with E-state index in [1.807, 2.05) is 55.8 Å². The Bertz CT molecular complexity index is 869. The molecule has 0 aliphatic rings. The topological polar surface area (TPSA) is 73.0 Å². The molecule has 0 atom stereocenters. The summed E-state index contributed by atoms with van der Waals surface area (Å²) in [5.74, 6) is 1.71. The second-order valence-corrected chi connectivity index (χ2v) is 6.35. The largest absolute Gasteiger partial charge is 0.469 e. The molecule has 1 N–H and O–H groups in total. The van der Waals surface area contributed by atoms with Crippen LogP contribution in [0.25, 0.3) is 11.4 Å². The van der Waals surface area contributed by atoms with Gasteiger partial charge in [0.05, 0.1) is 17.6 Å². The second-order valence-electron chi connectivity index (χ2n) is 5.41. The highest BCUT2D eigenvalue weighted by atomic mass is 32.2. The molecule has 3 rings (SSSR count). The average Bonchev–Trinajstić information content (AvgIpc) is 3.13. The number of para-hydroxylation sites is 1. The van der Waals surface area contributed by atoms with Crippen molar-refractivity contribution in [3.05, 3.63) is 47.9 Å². The fraction of sp³-hybridized carbons (Fsp3) is 0.235. The number of hydrogen-bond donors (Lipinski definition) is 1. The zero-order chi connectivity index (χ0) is 17.1. The van der Waals surface area contributed by atoms with Crippen LogP contribution >= 0.6 is 11.8 Å². The summed E-state index contributed by atoms with van der Waals surface area (Å²) >= 11 is 1.35. The number of benzene rings is 1. The molecule has 0 fully saturated rings. The maximum Gasteiger partial charge on any atom is 0.234 e. The van der Waals surface area contributed by atoms with Crippen molar-refractivity contribution in [1.82, 2.24) is 14.8 Å². The first kappa shape index (κ1) is 16.3. The molecule has 0 bridgehead atoms. The summed E-state index contributed by atoms with van der Waals surface area (Å²) in [6.07, 6.45) is 1.63. The van der Waals surface area contributed by atoms with Crippen molar-refractivity contribution in [2.75, 3.05) is 11.1 Å². The molecule has 0 unspecified atom stereocenters. The molecule has 2 heterocycles. The lowest BCUT2D eigenvalue weighted by atomic mass is 10.2. The fourth-order valence-electron chi connectivity index (χ4n) is 2.32. The molecule has 6 nitrogen and oxygen atoms in total. The number of aryl methyl sites for hydroxylation is 2. The van der Waals surface area contributed by atoms with Crippen LogP contribution in [0.2, 0.25) is 0 Å². The normalized spacial score (nSPS) is 10.8. The van der Waals surface area contributed by atoms with E-state index in [1.54, 1.807) is 6.26 Å². The molecule has 124 valence electrons. The number of amides is 1. The van der Waals surface area contributed by atoms with Crippen molar-refractivity contribution in [3.63, 3.8) is 0 Å². The third-order valence-corrected chi connectivity index (χ3v) is 4.71. The number of nitrogens with zero attached hydrogens (tertiary/aromatic N) is 3. The van der Waals surface area contributed by atoms with Gasteiger partial charge in [-0.05, 0) is 31.5 Å². The molecular formula is C17H18N4O2S. The van der Waals surface area contributed by atoms with Crippen LogP contribution in [0.3, 0.4) is 0 Å². The van der Waals surface area contributed by atoms with E-state index < -0.39 is 0 Å². The van der Waals surface area contributed by atoms with Crippen LogP contribution in [0.4, 0.5) is 5.69 Å². The minimum atomic E-state index is -0.0710. The molecule has 1 amide bonds. The Morgan fingerprint density at radius 3 is 2.75 bits per heavy atom. The van der Waals surface area contributed by atoms with Gasteiger partial charge in [0, 0.05) is 12.7 Å². The fourth-order valence-corrected chi connectivity index (χ4v) is 3.03. The van der Waals surface area contributed by atoms with Crippen LogP contribution in [-0.4, -0.2) is 26.4 Å². The van der Waals surface area contributed by atoms with Gasteiger partial charge in [-0.1, -0.05) is 30.0 Å². The van der Waals surface area contributed by atoms with Gasteiger partial charge in [0.1, 0.15) is 5.76 Å². The van der Waals surface area contributed by atoms with Crippen LogP contribution in [0.15, 0.2) is 46.2 Å². The van der Waals surface area contributed by atoms with Gasteiger partial charge in [0.2, 0.25) is 5.91 Å². The Morgan fingerprint density at radius 1 is 1.25 bits per heavy atom. The third kappa shape index (κ3) is 3.35. The summed E-state index contributed by atoms with van der Waals surface area (Å²) in [5.41, 5.74) is 2.77. The highest BCUT2D eigenvalue weighted by Crippen LogP contribution is 2.26. The quantitative estimate of drug-likeness (QED) is 0.719. The summed E-state index contributed by atoms with van der Waals surface area (Å²) in [6, 6.07) is 9.56. The number of thioether (sulfide) groups is 1. The van der Waals surface area contributed by atoms with Crippen LogP contribution in [-0.2, 0) is 11.8 Å². The zero-order valence-corrected chi connectivity index (χ0v) is 14.6. The van der Waals surface area contributed by atoms with Crippen LogP contribution in [0.1, 0.15) is 11.3 Å². The Kier molecular flexibility index (Phi) is 4.71. The van der Waals surface area contributed by atoms with Gasteiger partial charge < -0.3 is 14.3 Å². The van der Waals surface area contributed by atoms with Crippen molar-refractivity contribution in [1.29, 1.82) is 0 Å². The van der Waals surface area contributed by atoms with Gasteiger partial charge in [-0.15, -0.1) is 10.2 Å². The zero-order valence-electron chi connectivity index (χ0n) is 13.7. The van der Waals surface area contributed by atoms with Gasteiger partial charge >= 0.3 is 0 Å². The van der Waals surface area contributed by atoms with Gasteiger partial charge in [0.15, 0.2) is 11.0 Å². The minimum Gasteiger partial charge on any atom is -0.469 e. The number of hydrogen-bond acceptors (Lipinski definition) is 5. The van der Waals surface area contributed by atoms with Crippen molar-refractivity contribution in [3.8, 4) is 11.4 Å². The van der Waals surface area contributed by atoms with Gasteiger partial charge in [-0.3, -0.25) is 4.79 Å². The van der Waals surface area contributed by atoms with E-state index in [1.165, 1.54) is 11.8 Å². The average molecular weight is 342 g/mol. The molecule has 0 radical (unpaired) electrons. The van der Waals surface area contributed by atoms with E-state index in [9.17, 15) is 4.79 Å². The maximum absolute atomic E-state index is 12.1. The third-order valence-electron chi connectivity index (χ3n) is 3.69. The van der Waals surface area contributed by atoms with E-state index in [0.29, 0.717) is 5.16 Å². The number of aromatic nitrogens is 3. The van der Waals surface area contributed by atoms with Crippen molar-refractivity contribution in [2.24, 2.45) is 7.05 Å². The molecule has 0 aliphatic heterocycles. The minimum absolute atomic E-state index is 0.0710. The van der Waals surface area contributed by atoms with Crippen LogP contribution < -0.4 is 5.32 Å². The number of furan rings is 1. The van der Waals surface area contributed by atoms with Crippen molar-refractivity contribution < 1.29 is 9.21 Å². The van der Waals surface area contributed by atoms with Crippen LogP contribution in [0, 0.1) is 13.8 Å². The number of anilines is 1. The monoisotopic (exact) mass is 342 g/mol. The molecule has 7 heteroatoms. The molecule has 1 aromatic carbocycles. The molecule has 0 aliphatic carbocycles. The number of carbonyl (C=O) groups is 1. The Labute approximate surface area is 144 Å². The van der Waals surface area contributed by atoms with Gasteiger partial charge in [-0.2, -0.15) is 0 Å². The maximum atomic E-state index is 12.1. The van der Waals surface area contributed by atoms with Crippen molar-refractivity contribution in [2.45, 2.75) is 19.0 Å². The number of nitrogens with one attached hydrogen (secondary N) is 1. The van der Waals surface area contributed by atoms with E-state index >= 15 is 0 Å². The molecule has 2 aromatic heterocycles. The summed E-state index contributed by atoms with van der Waals surface area (Å²) in [4.78, 5) is 12.1. The molecular weight excluding hydrogens is 324 g/mol. The number of rotatable bonds is 5. The highest BCUT2D eigenvalue weighted by Gasteiger charge is 2.16. The predicted molar refractivity (Wildman–Crippen MR) is 94.0 cm³/mol. The molecule has 0 saturated heterocycles. The standard InChI is InChI=1S/C17H18N4O2S/c1-11-6-4-5-7-14(11)18-15(22)10-24-17-20-19-16(21(17)3)13-8-9-23-12(13)2/h4-9H,10H2,1-3H3,(H,18,22). The summed E-state index contributed by atoms with van der Waals surface area (Å²) in [6.45, 7) is 3.84. The lowest BCUT2D eigenvalue weighted by molar-refractivity contribution is -0.113. The van der Waals surface area contributed by atoms with E-state index in [2.05, 4.69) is 15.5 Å². The van der Waals surface area contributed by atoms with E-state index in [0.717, 1.165) is 28.4 Å². The number of carbonyl (C=O) groups excluding carboxylic acids is 1. The molecule has 3 aromatic rings. The van der Waals surface area contributed by atoms with Crippen molar-refractivity contribution >= 4 is 23.4 Å². The smallest absolute Gasteiger partial charge is 0.234 e. The Hall–Kier alpha value is -2.54. The van der Waals surface area contributed by atoms with E-state index in [4.69, 9.17) is 4.42 Å². The van der Waals surface area contributed by atoms with Gasteiger partial charge in [0.25, 0.3) is 0 Å². The summed E-state index contributed by atoms with van der Waals surface area (Å²) < 4.78 is 7.17. The first-order valence-electron chi connectivity index (χ1n) is 7.48. The SMILES string of the molecule is Cc1ccccc1NC(=O)CSc1nnc(-c2ccoc2C)n1C. The highest BCUT2D eigenvalue weighted by molar-refractivity contribution is 7.99. The molecule has 24 heavy (non-hydrogen) atoms. The lowest BCUT2D eigenvalue weighted by Crippen LogP contribution is -2.15. The second kappa shape index (κ2) is 6.92. The Morgan fingerprint density at radius 2 is 2.04 bits per heavy atom.